The van der Waals surface area contributed by atoms with Gasteiger partial charge in [-0.3, -0.25) is 0 Å². The first-order valence-electron chi connectivity index (χ1n) is 6.32. The highest BCUT2D eigenvalue weighted by Gasteiger charge is 2.28. The van der Waals surface area contributed by atoms with Crippen LogP contribution in [0.25, 0.3) is 0 Å². The van der Waals surface area contributed by atoms with E-state index in [1.807, 2.05) is 0 Å². The minimum absolute atomic E-state index is 0.0191. The van der Waals surface area contributed by atoms with E-state index in [9.17, 15) is 8.42 Å². The first-order chi connectivity index (χ1) is 9.98. The van der Waals surface area contributed by atoms with Gasteiger partial charge in [-0.05, 0) is 42.0 Å². The number of ether oxygens (including phenoxy) is 1. The monoisotopic (exact) mass is 325 g/mol. The van der Waals surface area contributed by atoms with Gasteiger partial charge in [0.25, 0.3) is 0 Å². The number of hydrogen-bond donors (Lipinski definition) is 1. The standard InChI is InChI=1S/C15H16ClNO3S/c1-20-13-5-7-14(8-6-13)21(18,19)15(10-17)11-3-2-4-12(16)9-11/h2-9,15H,10,17H2,1H3. The van der Waals surface area contributed by atoms with Crippen molar-refractivity contribution < 1.29 is 13.2 Å². The zero-order valence-corrected chi connectivity index (χ0v) is 13.1. The van der Waals surface area contributed by atoms with Gasteiger partial charge < -0.3 is 10.5 Å². The minimum Gasteiger partial charge on any atom is -0.497 e. The molecule has 1 unspecified atom stereocenters. The topological polar surface area (TPSA) is 69.4 Å². The van der Waals surface area contributed by atoms with Gasteiger partial charge in [-0.25, -0.2) is 8.42 Å². The summed E-state index contributed by atoms with van der Waals surface area (Å²) in [6.07, 6.45) is 0. The van der Waals surface area contributed by atoms with E-state index in [1.54, 1.807) is 36.4 Å². The SMILES string of the molecule is COc1ccc(S(=O)(=O)C(CN)c2cccc(Cl)c2)cc1. The molecule has 2 rings (SSSR count). The van der Waals surface area contributed by atoms with E-state index in [4.69, 9.17) is 22.1 Å². The van der Waals surface area contributed by atoms with Crippen LogP contribution < -0.4 is 10.5 Å². The average molecular weight is 326 g/mol. The minimum atomic E-state index is -3.59. The molecule has 0 aromatic heterocycles. The molecule has 0 aliphatic carbocycles. The summed E-state index contributed by atoms with van der Waals surface area (Å²) < 4.78 is 30.5. The maximum absolute atomic E-state index is 12.7. The average Bonchev–Trinajstić information content (AvgIpc) is 2.48. The Labute approximate surface area is 129 Å². The smallest absolute Gasteiger partial charge is 0.186 e. The molecule has 21 heavy (non-hydrogen) atoms. The summed E-state index contributed by atoms with van der Waals surface area (Å²) in [5, 5.41) is -0.347. The van der Waals surface area contributed by atoms with Crippen molar-refractivity contribution >= 4 is 21.4 Å². The normalized spacial score (nSPS) is 12.9. The molecule has 112 valence electrons. The van der Waals surface area contributed by atoms with E-state index in [-0.39, 0.29) is 11.4 Å². The maximum Gasteiger partial charge on any atom is 0.186 e. The lowest BCUT2D eigenvalue weighted by Crippen LogP contribution is -2.22. The maximum atomic E-state index is 12.7. The van der Waals surface area contributed by atoms with Gasteiger partial charge in [0.15, 0.2) is 9.84 Å². The molecule has 0 amide bonds. The Balaban J connectivity index is 2.44. The number of nitrogens with two attached hydrogens (primary N) is 1. The van der Waals surface area contributed by atoms with Crippen molar-refractivity contribution in [3.05, 3.63) is 59.1 Å². The van der Waals surface area contributed by atoms with Gasteiger partial charge in [0.05, 0.1) is 12.0 Å². The lowest BCUT2D eigenvalue weighted by Gasteiger charge is -2.17. The van der Waals surface area contributed by atoms with Crippen molar-refractivity contribution in [2.24, 2.45) is 5.73 Å². The highest BCUT2D eigenvalue weighted by Crippen LogP contribution is 2.30. The molecule has 0 aliphatic heterocycles. The van der Waals surface area contributed by atoms with Gasteiger partial charge >= 0.3 is 0 Å². The predicted octanol–water partition coefficient (Wildman–Crippen LogP) is 2.82. The predicted molar refractivity (Wildman–Crippen MR) is 83.4 cm³/mol. The largest absolute Gasteiger partial charge is 0.497 e. The Hall–Kier alpha value is -1.56. The second kappa shape index (κ2) is 6.47. The van der Waals surface area contributed by atoms with Crippen molar-refractivity contribution in [3.8, 4) is 5.75 Å². The first-order valence-corrected chi connectivity index (χ1v) is 8.25. The third kappa shape index (κ3) is 3.37. The van der Waals surface area contributed by atoms with Crippen LogP contribution >= 0.6 is 11.6 Å². The zero-order valence-electron chi connectivity index (χ0n) is 11.5. The molecule has 0 heterocycles. The van der Waals surface area contributed by atoms with Crippen molar-refractivity contribution in [1.29, 1.82) is 0 Å². The molecule has 2 N–H and O–H groups in total. The first kappa shape index (κ1) is 15.8. The molecular formula is C15H16ClNO3S. The van der Waals surface area contributed by atoms with E-state index in [2.05, 4.69) is 0 Å². The molecule has 0 bridgehead atoms. The van der Waals surface area contributed by atoms with Gasteiger partial charge in [-0.2, -0.15) is 0 Å². The molecule has 4 nitrogen and oxygen atoms in total. The highest BCUT2D eigenvalue weighted by molar-refractivity contribution is 7.91. The fourth-order valence-corrected chi connectivity index (χ4v) is 3.88. The van der Waals surface area contributed by atoms with E-state index in [0.717, 1.165) is 0 Å². The summed E-state index contributed by atoms with van der Waals surface area (Å²) in [6.45, 7) is -0.0191. The van der Waals surface area contributed by atoms with Crippen molar-refractivity contribution in [2.45, 2.75) is 10.1 Å². The van der Waals surface area contributed by atoms with E-state index < -0.39 is 15.1 Å². The molecule has 0 spiro atoms. The van der Waals surface area contributed by atoms with Crippen molar-refractivity contribution in [3.63, 3.8) is 0 Å². The Morgan fingerprint density at radius 3 is 2.38 bits per heavy atom. The van der Waals surface area contributed by atoms with Crippen molar-refractivity contribution in [1.82, 2.24) is 0 Å². The summed E-state index contributed by atoms with van der Waals surface area (Å²) in [5.74, 6) is 0.598. The molecule has 0 aliphatic rings. The number of sulfone groups is 1. The van der Waals surface area contributed by atoms with Crippen LogP contribution in [0.2, 0.25) is 5.02 Å². The zero-order chi connectivity index (χ0) is 15.5. The summed E-state index contributed by atoms with van der Waals surface area (Å²) in [7, 11) is -2.06. The number of halogens is 1. The third-order valence-electron chi connectivity index (χ3n) is 3.20. The van der Waals surface area contributed by atoms with Gasteiger partial charge in [0, 0.05) is 11.6 Å². The van der Waals surface area contributed by atoms with Crippen LogP contribution in [-0.2, 0) is 9.84 Å². The van der Waals surface area contributed by atoms with Gasteiger partial charge in [-0.15, -0.1) is 0 Å². The Morgan fingerprint density at radius 1 is 1.19 bits per heavy atom. The molecule has 6 heteroatoms. The molecule has 2 aromatic rings. The number of rotatable bonds is 5. The van der Waals surface area contributed by atoms with Crippen LogP contribution in [0.15, 0.2) is 53.4 Å². The van der Waals surface area contributed by atoms with E-state index in [0.29, 0.717) is 16.3 Å². The Bertz CT molecular complexity index is 714. The highest BCUT2D eigenvalue weighted by atomic mass is 35.5. The Morgan fingerprint density at radius 2 is 1.86 bits per heavy atom. The third-order valence-corrected chi connectivity index (χ3v) is 5.58. The van der Waals surface area contributed by atoms with Gasteiger partial charge in [0.2, 0.25) is 0 Å². The Kier molecular flexibility index (Phi) is 4.88. The lowest BCUT2D eigenvalue weighted by atomic mass is 10.1. The fourth-order valence-electron chi connectivity index (χ4n) is 2.08. The lowest BCUT2D eigenvalue weighted by molar-refractivity contribution is 0.414. The molecule has 2 aromatic carbocycles. The summed E-state index contributed by atoms with van der Waals surface area (Å²) >= 11 is 5.93. The van der Waals surface area contributed by atoms with Crippen LogP contribution in [0.5, 0.6) is 5.75 Å². The van der Waals surface area contributed by atoms with Crippen molar-refractivity contribution in [2.75, 3.05) is 13.7 Å². The number of hydrogen-bond acceptors (Lipinski definition) is 4. The summed E-state index contributed by atoms with van der Waals surface area (Å²) in [4.78, 5) is 0.207. The quantitative estimate of drug-likeness (QED) is 0.917. The molecule has 0 radical (unpaired) electrons. The molecule has 0 saturated heterocycles. The summed E-state index contributed by atoms with van der Waals surface area (Å²) in [6, 6.07) is 13.0. The second-order valence-corrected chi connectivity index (χ2v) is 7.07. The number of methoxy groups -OCH3 is 1. The number of benzene rings is 2. The van der Waals surface area contributed by atoms with Crippen LogP contribution in [0.1, 0.15) is 10.8 Å². The second-order valence-electron chi connectivity index (χ2n) is 4.50. The molecule has 0 saturated carbocycles. The van der Waals surface area contributed by atoms with Crippen LogP contribution in [-0.4, -0.2) is 22.1 Å². The van der Waals surface area contributed by atoms with E-state index in [1.165, 1.54) is 19.2 Å². The molecule has 1 atom stereocenters. The van der Waals surface area contributed by atoms with Crippen LogP contribution in [0, 0.1) is 0 Å². The van der Waals surface area contributed by atoms with E-state index >= 15 is 0 Å². The van der Waals surface area contributed by atoms with Crippen LogP contribution in [0.4, 0.5) is 0 Å². The fraction of sp³-hybridized carbons (Fsp3) is 0.200. The molecular weight excluding hydrogens is 310 g/mol. The van der Waals surface area contributed by atoms with Crippen LogP contribution in [0.3, 0.4) is 0 Å². The molecule has 0 fully saturated rings. The van der Waals surface area contributed by atoms with Gasteiger partial charge in [0.1, 0.15) is 11.0 Å². The summed E-state index contributed by atoms with van der Waals surface area (Å²) in [5.41, 5.74) is 6.27. The van der Waals surface area contributed by atoms with Gasteiger partial charge in [-0.1, -0.05) is 23.7 Å².